The van der Waals surface area contributed by atoms with Gasteiger partial charge in [-0.1, -0.05) is 11.6 Å². The van der Waals surface area contributed by atoms with Gasteiger partial charge in [-0.05, 0) is 13.0 Å². The van der Waals surface area contributed by atoms with E-state index < -0.39 is 18.6 Å². The average Bonchev–Trinajstić information content (AvgIpc) is 2.29. The van der Waals surface area contributed by atoms with Crippen LogP contribution in [0.15, 0.2) is 12.3 Å². The third kappa shape index (κ3) is 4.59. The van der Waals surface area contributed by atoms with Gasteiger partial charge >= 0.3 is 6.18 Å². The van der Waals surface area contributed by atoms with E-state index in [1.165, 1.54) is 12.3 Å². The number of halogens is 4. The number of hydrogen-bond donors (Lipinski definition) is 1. The molecule has 8 heteroatoms. The molecular weight excluding hydrogens is 283 g/mol. The number of amides is 1. The summed E-state index contributed by atoms with van der Waals surface area (Å²) in [5, 5.41) is 2.87. The number of alkyl halides is 3. The molecular formula is C11H13ClF3N3O. The van der Waals surface area contributed by atoms with Crippen molar-refractivity contribution in [2.45, 2.75) is 13.1 Å². The van der Waals surface area contributed by atoms with Gasteiger partial charge in [-0.15, -0.1) is 0 Å². The Bertz CT molecular complexity index is 465. The second-order valence-electron chi connectivity index (χ2n) is 3.86. The lowest BCUT2D eigenvalue weighted by Crippen LogP contribution is -2.36. The maximum absolute atomic E-state index is 12.2. The molecule has 0 spiro atoms. The highest BCUT2D eigenvalue weighted by Crippen LogP contribution is 2.22. The minimum Gasteiger partial charge on any atom is -0.370 e. The Labute approximate surface area is 113 Å². The van der Waals surface area contributed by atoms with Crippen LogP contribution in [0.1, 0.15) is 17.3 Å². The Balaban J connectivity index is 2.95. The number of aromatic nitrogens is 1. The highest BCUT2D eigenvalue weighted by Gasteiger charge is 2.32. The van der Waals surface area contributed by atoms with E-state index in [4.69, 9.17) is 11.6 Å². The van der Waals surface area contributed by atoms with Gasteiger partial charge in [-0.25, -0.2) is 4.98 Å². The summed E-state index contributed by atoms with van der Waals surface area (Å²) in [6.45, 7) is 1.06. The molecule has 106 valence electrons. The molecule has 1 N–H and O–H groups in total. The fraction of sp³-hybridized carbons (Fsp3) is 0.455. The lowest BCUT2D eigenvalue weighted by Gasteiger charge is -2.19. The number of nitrogens with one attached hydrogen (secondary N) is 1. The topological polar surface area (TPSA) is 45.2 Å². The van der Waals surface area contributed by atoms with E-state index in [2.05, 4.69) is 10.3 Å². The van der Waals surface area contributed by atoms with E-state index in [9.17, 15) is 18.0 Å². The molecule has 1 rings (SSSR count). The van der Waals surface area contributed by atoms with Crippen LogP contribution in [-0.2, 0) is 0 Å². The Hall–Kier alpha value is -1.50. The quantitative estimate of drug-likeness (QED) is 0.929. The van der Waals surface area contributed by atoms with Crippen molar-refractivity contribution in [1.82, 2.24) is 9.88 Å². The number of rotatable bonds is 4. The largest absolute Gasteiger partial charge is 0.406 e. The molecule has 0 bridgehead atoms. The first-order valence-electron chi connectivity index (χ1n) is 5.46. The van der Waals surface area contributed by atoms with Gasteiger partial charge in [0.15, 0.2) is 0 Å². The molecule has 0 aliphatic rings. The maximum atomic E-state index is 12.2. The van der Waals surface area contributed by atoms with Gasteiger partial charge < -0.3 is 10.2 Å². The van der Waals surface area contributed by atoms with Gasteiger partial charge in [-0.3, -0.25) is 4.79 Å². The predicted molar refractivity (Wildman–Crippen MR) is 66.4 cm³/mol. The smallest absolute Gasteiger partial charge is 0.370 e. The van der Waals surface area contributed by atoms with E-state index in [-0.39, 0.29) is 10.6 Å². The van der Waals surface area contributed by atoms with Crippen molar-refractivity contribution in [3.05, 3.63) is 22.8 Å². The van der Waals surface area contributed by atoms with Crippen molar-refractivity contribution >= 4 is 23.3 Å². The van der Waals surface area contributed by atoms with Crippen LogP contribution in [0.2, 0.25) is 5.02 Å². The van der Waals surface area contributed by atoms with E-state index >= 15 is 0 Å². The summed E-state index contributed by atoms with van der Waals surface area (Å²) in [5.41, 5.74) is -0.0145. The van der Waals surface area contributed by atoms with E-state index in [1.807, 2.05) is 6.92 Å². The normalized spacial score (nSPS) is 11.3. The number of carbonyl (C=O) groups is 1. The molecule has 0 atom stereocenters. The van der Waals surface area contributed by atoms with Gasteiger partial charge in [0.05, 0.1) is 10.6 Å². The first-order chi connectivity index (χ1) is 8.74. The molecule has 0 fully saturated rings. The molecule has 0 unspecified atom stereocenters. The zero-order valence-electron chi connectivity index (χ0n) is 10.4. The van der Waals surface area contributed by atoms with Crippen molar-refractivity contribution in [2.75, 3.05) is 25.5 Å². The molecule has 0 radical (unpaired) electrons. The number of carbonyl (C=O) groups excluding carboxylic acids is 1. The fourth-order valence-electron chi connectivity index (χ4n) is 1.43. The zero-order valence-corrected chi connectivity index (χ0v) is 11.1. The Morgan fingerprint density at radius 3 is 2.68 bits per heavy atom. The van der Waals surface area contributed by atoms with Crippen molar-refractivity contribution < 1.29 is 18.0 Å². The van der Waals surface area contributed by atoms with E-state index in [1.54, 1.807) is 0 Å². The summed E-state index contributed by atoms with van der Waals surface area (Å²) in [6.07, 6.45) is -3.22. The highest BCUT2D eigenvalue weighted by atomic mass is 35.5. The van der Waals surface area contributed by atoms with Crippen LogP contribution in [-0.4, -0.2) is 42.1 Å². The standard InChI is InChI=1S/C11H13ClF3N3O/c1-3-16-9-4-7(8(12)5-17-9)10(19)18(2)6-11(13,14)15/h4-5H,3,6H2,1-2H3,(H,16,17). The molecule has 1 amide bonds. The van der Waals surface area contributed by atoms with Crippen LogP contribution in [0.5, 0.6) is 0 Å². The molecule has 0 aromatic carbocycles. The molecule has 1 heterocycles. The Kier molecular flexibility index (Phi) is 4.99. The van der Waals surface area contributed by atoms with Crippen LogP contribution in [0.3, 0.4) is 0 Å². The Morgan fingerprint density at radius 1 is 1.53 bits per heavy atom. The second-order valence-corrected chi connectivity index (χ2v) is 4.26. The number of pyridine rings is 1. The van der Waals surface area contributed by atoms with Crippen molar-refractivity contribution in [3.8, 4) is 0 Å². The predicted octanol–water partition coefficient (Wildman–Crippen LogP) is 2.80. The van der Waals surface area contributed by atoms with Crippen molar-refractivity contribution in [1.29, 1.82) is 0 Å². The lowest BCUT2D eigenvalue weighted by molar-refractivity contribution is -0.138. The monoisotopic (exact) mass is 295 g/mol. The molecule has 0 saturated heterocycles. The zero-order chi connectivity index (χ0) is 14.6. The van der Waals surface area contributed by atoms with Gasteiger partial charge in [0.1, 0.15) is 12.4 Å². The Morgan fingerprint density at radius 2 is 2.16 bits per heavy atom. The number of hydrogen-bond acceptors (Lipinski definition) is 3. The molecule has 0 saturated carbocycles. The van der Waals surface area contributed by atoms with Crippen LogP contribution in [0, 0.1) is 0 Å². The van der Waals surface area contributed by atoms with E-state index in [0.717, 1.165) is 7.05 Å². The number of nitrogens with zero attached hydrogens (tertiary/aromatic N) is 2. The van der Waals surface area contributed by atoms with Crippen LogP contribution in [0.25, 0.3) is 0 Å². The SMILES string of the molecule is CCNc1cc(C(=O)N(C)CC(F)(F)F)c(Cl)cn1. The minimum absolute atomic E-state index is 0.0145. The van der Waals surface area contributed by atoms with E-state index in [0.29, 0.717) is 17.3 Å². The van der Waals surface area contributed by atoms with Gasteiger partial charge in [0.25, 0.3) is 5.91 Å². The molecule has 0 aliphatic carbocycles. The van der Waals surface area contributed by atoms with Gasteiger partial charge in [-0.2, -0.15) is 13.2 Å². The summed E-state index contributed by atoms with van der Waals surface area (Å²) in [6, 6.07) is 1.33. The van der Waals surface area contributed by atoms with Crippen molar-refractivity contribution in [3.63, 3.8) is 0 Å². The fourth-order valence-corrected chi connectivity index (χ4v) is 1.61. The maximum Gasteiger partial charge on any atom is 0.406 e. The third-order valence-electron chi connectivity index (χ3n) is 2.21. The highest BCUT2D eigenvalue weighted by molar-refractivity contribution is 6.33. The summed E-state index contributed by atoms with van der Waals surface area (Å²) in [4.78, 5) is 16.4. The number of anilines is 1. The molecule has 4 nitrogen and oxygen atoms in total. The second kappa shape index (κ2) is 6.10. The first-order valence-corrected chi connectivity index (χ1v) is 5.84. The van der Waals surface area contributed by atoms with Crippen molar-refractivity contribution in [2.24, 2.45) is 0 Å². The summed E-state index contributed by atoms with van der Waals surface area (Å²) >= 11 is 5.79. The molecule has 0 aliphatic heterocycles. The third-order valence-corrected chi connectivity index (χ3v) is 2.51. The average molecular weight is 296 g/mol. The summed E-state index contributed by atoms with van der Waals surface area (Å²) in [5.74, 6) is -0.417. The molecule has 1 aromatic rings. The van der Waals surface area contributed by atoms with Crippen LogP contribution >= 0.6 is 11.6 Å². The lowest BCUT2D eigenvalue weighted by atomic mass is 10.2. The summed E-state index contributed by atoms with van der Waals surface area (Å²) < 4.78 is 36.7. The minimum atomic E-state index is -4.45. The summed E-state index contributed by atoms with van der Waals surface area (Å²) in [7, 11) is 1.07. The van der Waals surface area contributed by atoms with Gasteiger partial charge in [0.2, 0.25) is 0 Å². The molecule has 1 aromatic heterocycles. The van der Waals surface area contributed by atoms with Crippen LogP contribution in [0.4, 0.5) is 19.0 Å². The molecule has 19 heavy (non-hydrogen) atoms. The first kappa shape index (κ1) is 15.6. The van der Waals surface area contributed by atoms with Crippen LogP contribution < -0.4 is 5.32 Å². The van der Waals surface area contributed by atoms with Gasteiger partial charge in [0, 0.05) is 19.8 Å².